The summed E-state index contributed by atoms with van der Waals surface area (Å²) in [5, 5.41) is 2.47. The second-order valence-electron chi connectivity index (χ2n) is 4.07. The molecule has 106 valence electrons. The normalized spacial score (nSPS) is 15.4. The molecule has 0 radical (unpaired) electrons. The van der Waals surface area contributed by atoms with Crippen LogP contribution in [0.5, 0.6) is 0 Å². The van der Waals surface area contributed by atoms with Gasteiger partial charge in [-0.2, -0.15) is 0 Å². The molecule has 1 aromatic rings. The molecule has 1 heterocycles. The van der Waals surface area contributed by atoms with E-state index in [0.717, 1.165) is 4.90 Å². The quantitative estimate of drug-likeness (QED) is 0.804. The Morgan fingerprint density at radius 2 is 2.05 bits per heavy atom. The van der Waals surface area contributed by atoms with Crippen LogP contribution >= 0.6 is 0 Å². The number of hydrogen-bond acceptors (Lipinski definition) is 5. The van der Waals surface area contributed by atoms with Gasteiger partial charge >= 0.3 is 12.1 Å². The van der Waals surface area contributed by atoms with Gasteiger partial charge < -0.3 is 14.8 Å². The van der Waals surface area contributed by atoms with E-state index in [1.807, 2.05) is 0 Å². The number of benzene rings is 1. The van der Waals surface area contributed by atoms with Crippen molar-refractivity contribution in [3.05, 3.63) is 35.9 Å². The van der Waals surface area contributed by atoms with Crippen LogP contribution in [0, 0.1) is 0 Å². The van der Waals surface area contributed by atoms with E-state index in [-0.39, 0.29) is 13.2 Å². The molecule has 1 saturated heterocycles. The second-order valence-corrected chi connectivity index (χ2v) is 4.07. The topological polar surface area (TPSA) is 84.9 Å². The Labute approximate surface area is 115 Å². The summed E-state index contributed by atoms with van der Waals surface area (Å²) in [6.07, 6.45) is -1.85. The Kier molecular flexibility index (Phi) is 4.19. The molecule has 1 N–H and O–H groups in total. The molecule has 7 heteroatoms. The minimum absolute atomic E-state index is 0.174. The number of amides is 2. The lowest BCUT2D eigenvalue weighted by Crippen LogP contribution is -2.53. The third-order valence-corrected chi connectivity index (χ3v) is 2.83. The minimum Gasteiger partial charge on any atom is -0.466 e. The average molecular weight is 278 g/mol. The number of esters is 1. The van der Waals surface area contributed by atoms with Crippen molar-refractivity contribution in [2.75, 3.05) is 20.3 Å². The van der Waals surface area contributed by atoms with Gasteiger partial charge in [0.1, 0.15) is 6.61 Å². The number of methoxy groups -OCH3 is 1. The first kappa shape index (κ1) is 13.9. The molecule has 1 aromatic carbocycles. The molecule has 0 saturated carbocycles. The van der Waals surface area contributed by atoms with Crippen molar-refractivity contribution in [2.45, 2.75) is 6.17 Å². The summed E-state index contributed by atoms with van der Waals surface area (Å²) in [5.74, 6) is -1.20. The number of rotatable bonds is 4. The SMILES string of the molecule is COC(=O)C(NC(=O)c1ccccc1)N1CCOC1=O. The van der Waals surface area contributed by atoms with Crippen LogP contribution in [0.15, 0.2) is 30.3 Å². The van der Waals surface area contributed by atoms with Crippen molar-refractivity contribution in [1.82, 2.24) is 10.2 Å². The summed E-state index contributed by atoms with van der Waals surface area (Å²) in [6.45, 7) is 0.390. The fraction of sp³-hybridized carbons (Fsp3) is 0.308. The van der Waals surface area contributed by atoms with E-state index in [1.165, 1.54) is 7.11 Å². The van der Waals surface area contributed by atoms with Crippen molar-refractivity contribution < 1.29 is 23.9 Å². The van der Waals surface area contributed by atoms with Crippen LogP contribution < -0.4 is 5.32 Å². The van der Waals surface area contributed by atoms with E-state index in [0.29, 0.717) is 5.56 Å². The number of carbonyl (C=O) groups is 3. The van der Waals surface area contributed by atoms with Gasteiger partial charge in [0.2, 0.25) is 6.17 Å². The number of ether oxygens (including phenoxy) is 2. The first-order valence-corrected chi connectivity index (χ1v) is 6.00. The molecule has 1 unspecified atom stereocenters. The van der Waals surface area contributed by atoms with Crippen molar-refractivity contribution in [3.8, 4) is 0 Å². The van der Waals surface area contributed by atoms with Gasteiger partial charge in [-0.3, -0.25) is 9.69 Å². The highest BCUT2D eigenvalue weighted by molar-refractivity contribution is 5.97. The number of nitrogens with one attached hydrogen (secondary N) is 1. The fourth-order valence-electron chi connectivity index (χ4n) is 1.81. The van der Waals surface area contributed by atoms with Crippen LogP contribution in [-0.4, -0.2) is 49.3 Å². The molecule has 20 heavy (non-hydrogen) atoms. The zero-order valence-corrected chi connectivity index (χ0v) is 10.9. The van der Waals surface area contributed by atoms with E-state index in [9.17, 15) is 14.4 Å². The van der Waals surface area contributed by atoms with Gasteiger partial charge in [-0.1, -0.05) is 18.2 Å². The van der Waals surface area contributed by atoms with Crippen molar-refractivity contribution in [2.24, 2.45) is 0 Å². The molecule has 1 aliphatic rings. The predicted octanol–water partition coefficient (Wildman–Crippen LogP) is 0.368. The van der Waals surface area contributed by atoms with E-state index < -0.39 is 24.1 Å². The summed E-state index contributed by atoms with van der Waals surface area (Å²) in [4.78, 5) is 36.4. The summed E-state index contributed by atoms with van der Waals surface area (Å²) in [6, 6.07) is 8.38. The van der Waals surface area contributed by atoms with Crippen molar-refractivity contribution in [1.29, 1.82) is 0 Å². The van der Waals surface area contributed by atoms with Crippen LogP contribution in [0.2, 0.25) is 0 Å². The fourth-order valence-corrected chi connectivity index (χ4v) is 1.81. The Morgan fingerprint density at radius 3 is 2.60 bits per heavy atom. The first-order valence-electron chi connectivity index (χ1n) is 6.00. The van der Waals surface area contributed by atoms with E-state index in [1.54, 1.807) is 30.3 Å². The summed E-state index contributed by atoms with van der Waals surface area (Å²) < 4.78 is 9.36. The smallest absolute Gasteiger partial charge is 0.412 e. The molecule has 0 spiro atoms. The predicted molar refractivity (Wildman–Crippen MR) is 67.8 cm³/mol. The van der Waals surface area contributed by atoms with Crippen LogP contribution in [0.3, 0.4) is 0 Å². The summed E-state index contributed by atoms with van der Waals surface area (Å²) in [7, 11) is 1.19. The Bertz CT molecular complexity index is 517. The van der Waals surface area contributed by atoms with Crippen molar-refractivity contribution >= 4 is 18.0 Å². The number of cyclic esters (lactones) is 1. The average Bonchev–Trinajstić information content (AvgIpc) is 2.90. The molecule has 0 bridgehead atoms. The van der Waals surface area contributed by atoms with E-state index >= 15 is 0 Å². The van der Waals surface area contributed by atoms with Gasteiger partial charge in [-0.05, 0) is 12.1 Å². The van der Waals surface area contributed by atoms with Gasteiger partial charge in [-0.25, -0.2) is 9.59 Å². The van der Waals surface area contributed by atoms with E-state index in [4.69, 9.17) is 4.74 Å². The molecule has 2 amide bonds. The third-order valence-electron chi connectivity index (χ3n) is 2.83. The largest absolute Gasteiger partial charge is 0.466 e. The molecule has 1 aliphatic heterocycles. The van der Waals surface area contributed by atoms with Crippen LogP contribution in [-0.2, 0) is 14.3 Å². The Balaban J connectivity index is 2.14. The minimum atomic E-state index is -1.19. The van der Waals surface area contributed by atoms with E-state index in [2.05, 4.69) is 10.1 Å². The monoisotopic (exact) mass is 278 g/mol. The molecule has 0 aromatic heterocycles. The van der Waals surface area contributed by atoms with Crippen molar-refractivity contribution in [3.63, 3.8) is 0 Å². The van der Waals surface area contributed by atoms with Gasteiger partial charge in [0.05, 0.1) is 13.7 Å². The zero-order chi connectivity index (χ0) is 14.5. The zero-order valence-electron chi connectivity index (χ0n) is 10.9. The first-order chi connectivity index (χ1) is 9.63. The molecular formula is C13H14N2O5. The van der Waals surface area contributed by atoms with Gasteiger partial charge in [0, 0.05) is 5.56 Å². The second kappa shape index (κ2) is 6.05. The molecular weight excluding hydrogens is 264 g/mol. The highest BCUT2D eigenvalue weighted by Gasteiger charge is 2.36. The maximum Gasteiger partial charge on any atom is 0.412 e. The lowest BCUT2D eigenvalue weighted by atomic mass is 10.2. The molecule has 1 fully saturated rings. The van der Waals surface area contributed by atoms with Gasteiger partial charge in [-0.15, -0.1) is 0 Å². The van der Waals surface area contributed by atoms with Gasteiger partial charge in [0.15, 0.2) is 0 Å². The van der Waals surface area contributed by atoms with Gasteiger partial charge in [0.25, 0.3) is 5.91 Å². The van der Waals surface area contributed by atoms with Crippen LogP contribution in [0.1, 0.15) is 10.4 Å². The highest BCUT2D eigenvalue weighted by Crippen LogP contribution is 2.09. The summed E-state index contributed by atoms with van der Waals surface area (Å²) in [5.41, 5.74) is 0.383. The molecule has 0 aliphatic carbocycles. The molecule has 2 rings (SSSR count). The number of hydrogen-bond donors (Lipinski definition) is 1. The number of nitrogens with zero attached hydrogens (tertiary/aromatic N) is 1. The molecule has 7 nitrogen and oxygen atoms in total. The highest BCUT2D eigenvalue weighted by atomic mass is 16.6. The Hall–Kier alpha value is -2.57. The Morgan fingerprint density at radius 1 is 1.35 bits per heavy atom. The lowest BCUT2D eigenvalue weighted by molar-refractivity contribution is -0.146. The maximum absolute atomic E-state index is 12.0. The standard InChI is InChI=1S/C13H14N2O5/c1-19-12(17)10(15-7-8-20-13(15)18)14-11(16)9-5-3-2-4-6-9/h2-6,10H,7-8H2,1H3,(H,14,16). The lowest BCUT2D eigenvalue weighted by Gasteiger charge is -2.23. The van der Waals surface area contributed by atoms with Crippen LogP contribution in [0.25, 0.3) is 0 Å². The maximum atomic E-state index is 12.0. The number of carbonyl (C=O) groups excluding carboxylic acids is 3. The summed E-state index contributed by atoms with van der Waals surface area (Å²) >= 11 is 0. The third kappa shape index (κ3) is 2.87. The van der Waals surface area contributed by atoms with Crippen LogP contribution in [0.4, 0.5) is 4.79 Å². The molecule has 1 atom stereocenters.